The van der Waals surface area contributed by atoms with Crippen molar-refractivity contribution in [1.82, 2.24) is 19.7 Å². The summed E-state index contributed by atoms with van der Waals surface area (Å²) in [7, 11) is 1.86. The van der Waals surface area contributed by atoms with Crippen LogP contribution in [0.25, 0.3) is 17.2 Å². The van der Waals surface area contributed by atoms with E-state index < -0.39 is 0 Å². The number of aryl methyl sites for hydroxylation is 1. The van der Waals surface area contributed by atoms with Gasteiger partial charge in [-0.25, -0.2) is 0 Å². The van der Waals surface area contributed by atoms with Gasteiger partial charge in [0.15, 0.2) is 0 Å². The summed E-state index contributed by atoms with van der Waals surface area (Å²) in [6, 6.07) is 9.57. The molecule has 1 saturated heterocycles. The average Bonchev–Trinajstić information content (AvgIpc) is 3.25. The van der Waals surface area contributed by atoms with Crippen LogP contribution >= 0.6 is 0 Å². The van der Waals surface area contributed by atoms with Crippen molar-refractivity contribution in [2.45, 2.75) is 6.54 Å². The highest BCUT2D eigenvalue weighted by Gasteiger charge is 2.13. The molecule has 1 N–H and O–H groups in total. The quantitative estimate of drug-likeness (QED) is 0.607. The third-order valence-corrected chi connectivity index (χ3v) is 5.28. The van der Waals surface area contributed by atoms with E-state index in [1.165, 1.54) is 6.08 Å². The van der Waals surface area contributed by atoms with Crippen molar-refractivity contribution >= 4 is 17.7 Å². The maximum atomic E-state index is 12.5. The lowest BCUT2D eigenvalue weighted by atomic mass is 10.0. The van der Waals surface area contributed by atoms with Gasteiger partial charge >= 0.3 is 0 Å². The molecule has 0 bridgehead atoms. The Morgan fingerprint density at radius 2 is 2.12 bits per heavy atom. The first kappa shape index (κ1) is 21.4. The first-order chi connectivity index (χ1) is 15.6. The lowest BCUT2D eigenvalue weighted by molar-refractivity contribution is -0.111. The third-order valence-electron chi connectivity index (χ3n) is 5.28. The number of nitrogens with one attached hydrogen (secondary N) is 1. The van der Waals surface area contributed by atoms with E-state index in [1.54, 1.807) is 35.4 Å². The topological polar surface area (TPSA) is 96.1 Å². The molecule has 1 aliphatic heterocycles. The zero-order chi connectivity index (χ0) is 22.3. The van der Waals surface area contributed by atoms with Crippen molar-refractivity contribution in [2.24, 2.45) is 7.05 Å². The van der Waals surface area contributed by atoms with Gasteiger partial charge in [0.05, 0.1) is 31.0 Å². The number of carbonyl (C=O) groups excluding carboxylic acids is 1. The second kappa shape index (κ2) is 10.0. The number of pyridine rings is 1. The molecule has 1 amide bonds. The summed E-state index contributed by atoms with van der Waals surface area (Å²) in [6.07, 6.45) is 10.3. The van der Waals surface area contributed by atoms with Gasteiger partial charge in [0.1, 0.15) is 0 Å². The molecular weight excluding hydrogens is 404 g/mol. The zero-order valence-corrected chi connectivity index (χ0v) is 17.9. The molecule has 0 spiro atoms. The zero-order valence-electron chi connectivity index (χ0n) is 17.9. The summed E-state index contributed by atoms with van der Waals surface area (Å²) in [6.45, 7) is 3.81. The van der Waals surface area contributed by atoms with Crippen molar-refractivity contribution in [1.29, 1.82) is 5.26 Å². The van der Waals surface area contributed by atoms with Crippen molar-refractivity contribution < 1.29 is 9.53 Å². The molecule has 162 valence electrons. The van der Waals surface area contributed by atoms with Gasteiger partial charge < -0.3 is 10.1 Å². The molecule has 0 unspecified atom stereocenters. The van der Waals surface area contributed by atoms with Crippen LogP contribution in [0.3, 0.4) is 0 Å². The largest absolute Gasteiger partial charge is 0.379 e. The van der Waals surface area contributed by atoms with Crippen molar-refractivity contribution in [3.63, 3.8) is 0 Å². The SMILES string of the molecule is Cn1cc(-c2ccncc2/C=C/C(=O)Nc2ccc(CN3CCOCC3)c(C#N)c2)cn1. The van der Waals surface area contributed by atoms with E-state index in [0.717, 1.165) is 35.3 Å². The molecule has 4 rings (SSSR count). The summed E-state index contributed by atoms with van der Waals surface area (Å²) in [5, 5.41) is 16.6. The Bertz CT molecular complexity index is 1170. The molecule has 1 fully saturated rings. The van der Waals surface area contributed by atoms with Crippen LogP contribution in [-0.4, -0.2) is 51.9 Å². The van der Waals surface area contributed by atoms with Gasteiger partial charge in [0.25, 0.3) is 0 Å². The van der Waals surface area contributed by atoms with Crippen LogP contribution in [0.15, 0.2) is 55.1 Å². The molecule has 3 aromatic rings. The minimum atomic E-state index is -0.282. The number of hydrogen-bond acceptors (Lipinski definition) is 6. The number of anilines is 1. The predicted molar refractivity (Wildman–Crippen MR) is 121 cm³/mol. The molecular formula is C24H24N6O2. The molecule has 0 radical (unpaired) electrons. The number of amides is 1. The van der Waals surface area contributed by atoms with Crippen LogP contribution in [-0.2, 0) is 23.1 Å². The molecule has 8 nitrogen and oxygen atoms in total. The summed E-state index contributed by atoms with van der Waals surface area (Å²) < 4.78 is 7.10. The second-order valence-electron chi connectivity index (χ2n) is 7.56. The number of aromatic nitrogens is 3. The van der Waals surface area contributed by atoms with E-state index in [9.17, 15) is 10.1 Å². The lowest BCUT2D eigenvalue weighted by Crippen LogP contribution is -2.35. The number of carbonyl (C=O) groups is 1. The average molecular weight is 428 g/mol. The van der Waals surface area contributed by atoms with Crippen LogP contribution in [0.1, 0.15) is 16.7 Å². The van der Waals surface area contributed by atoms with Crippen LogP contribution in [0, 0.1) is 11.3 Å². The Kier molecular flexibility index (Phi) is 6.70. The van der Waals surface area contributed by atoms with Crippen LogP contribution in [0.2, 0.25) is 0 Å². The number of morpholine rings is 1. The number of ether oxygens (including phenoxy) is 1. The van der Waals surface area contributed by atoms with E-state index in [2.05, 4.69) is 26.4 Å². The van der Waals surface area contributed by atoms with Gasteiger partial charge in [-0.3, -0.25) is 19.4 Å². The Hall–Kier alpha value is -3.80. The van der Waals surface area contributed by atoms with E-state index in [4.69, 9.17) is 4.74 Å². The van der Waals surface area contributed by atoms with Crippen molar-refractivity contribution in [3.8, 4) is 17.2 Å². The number of hydrogen-bond donors (Lipinski definition) is 1. The monoisotopic (exact) mass is 428 g/mol. The summed E-state index contributed by atoms with van der Waals surface area (Å²) in [5.41, 5.74) is 4.79. The number of rotatable bonds is 6. The van der Waals surface area contributed by atoms with E-state index in [0.29, 0.717) is 31.0 Å². The molecule has 2 aromatic heterocycles. The van der Waals surface area contributed by atoms with Gasteiger partial charge in [-0.2, -0.15) is 10.4 Å². The Morgan fingerprint density at radius 1 is 1.28 bits per heavy atom. The highest BCUT2D eigenvalue weighted by atomic mass is 16.5. The minimum Gasteiger partial charge on any atom is -0.379 e. The van der Waals surface area contributed by atoms with Crippen LogP contribution in [0.4, 0.5) is 5.69 Å². The van der Waals surface area contributed by atoms with Gasteiger partial charge in [-0.15, -0.1) is 0 Å². The van der Waals surface area contributed by atoms with Crippen molar-refractivity contribution in [2.75, 3.05) is 31.6 Å². The maximum absolute atomic E-state index is 12.5. The fraction of sp³-hybridized carbons (Fsp3) is 0.250. The van der Waals surface area contributed by atoms with Crippen molar-refractivity contribution in [3.05, 3.63) is 71.8 Å². The number of benzene rings is 1. The standard InChI is InChI=1S/C24H24N6O2/c1-29-16-21(15-27-29)23-6-7-26-14-18(23)3-5-24(31)28-22-4-2-19(20(12-22)13-25)17-30-8-10-32-11-9-30/h2-7,12,14-16H,8-11,17H2,1H3,(H,28,31)/b5-3+. The van der Waals surface area contributed by atoms with Gasteiger partial charge in [-0.05, 0) is 35.4 Å². The molecule has 3 heterocycles. The molecule has 32 heavy (non-hydrogen) atoms. The van der Waals surface area contributed by atoms with Crippen LogP contribution in [0.5, 0.6) is 0 Å². The smallest absolute Gasteiger partial charge is 0.248 e. The Balaban J connectivity index is 1.44. The van der Waals surface area contributed by atoms with Gasteiger partial charge in [-0.1, -0.05) is 6.07 Å². The highest BCUT2D eigenvalue weighted by Crippen LogP contribution is 2.23. The van der Waals surface area contributed by atoms with Gasteiger partial charge in [0, 0.05) is 68.2 Å². The second-order valence-corrected chi connectivity index (χ2v) is 7.56. The first-order valence-electron chi connectivity index (χ1n) is 10.4. The molecule has 0 atom stereocenters. The fourth-order valence-corrected chi connectivity index (χ4v) is 3.61. The molecule has 1 aromatic carbocycles. The van der Waals surface area contributed by atoms with E-state index in [-0.39, 0.29) is 5.91 Å². The Morgan fingerprint density at radius 3 is 2.88 bits per heavy atom. The maximum Gasteiger partial charge on any atom is 0.248 e. The summed E-state index contributed by atoms with van der Waals surface area (Å²) >= 11 is 0. The molecule has 0 aliphatic carbocycles. The Labute approximate surface area is 186 Å². The summed E-state index contributed by atoms with van der Waals surface area (Å²) in [5.74, 6) is -0.282. The third kappa shape index (κ3) is 5.27. The van der Waals surface area contributed by atoms with E-state index in [1.807, 2.05) is 31.4 Å². The molecule has 1 aliphatic rings. The van der Waals surface area contributed by atoms with Gasteiger partial charge in [0.2, 0.25) is 5.91 Å². The predicted octanol–water partition coefficient (Wildman–Crippen LogP) is 2.84. The number of nitriles is 1. The first-order valence-corrected chi connectivity index (χ1v) is 10.4. The highest BCUT2D eigenvalue weighted by molar-refractivity contribution is 6.02. The summed E-state index contributed by atoms with van der Waals surface area (Å²) in [4.78, 5) is 18.9. The number of nitrogens with zero attached hydrogens (tertiary/aromatic N) is 5. The van der Waals surface area contributed by atoms with E-state index >= 15 is 0 Å². The fourth-order valence-electron chi connectivity index (χ4n) is 3.61. The minimum absolute atomic E-state index is 0.282. The molecule has 8 heteroatoms. The lowest BCUT2D eigenvalue weighted by Gasteiger charge is -2.26. The molecule has 0 saturated carbocycles. The normalized spacial score (nSPS) is 14.4. The van der Waals surface area contributed by atoms with Crippen LogP contribution < -0.4 is 5.32 Å².